The molecule has 0 aliphatic heterocycles. The van der Waals surface area contributed by atoms with Crippen molar-refractivity contribution in [3.8, 4) is 0 Å². The van der Waals surface area contributed by atoms with Crippen molar-refractivity contribution in [2.24, 2.45) is 5.73 Å². The van der Waals surface area contributed by atoms with Crippen molar-refractivity contribution in [3.05, 3.63) is 29.8 Å². The third kappa shape index (κ3) is 2.97. The molecule has 0 amide bonds. The van der Waals surface area contributed by atoms with E-state index in [1.165, 1.54) is 0 Å². The van der Waals surface area contributed by atoms with Gasteiger partial charge < -0.3 is 5.73 Å². The van der Waals surface area contributed by atoms with Gasteiger partial charge in [0.05, 0.1) is 6.54 Å². The van der Waals surface area contributed by atoms with Crippen molar-refractivity contribution >= 4 is 11.8 Å². The van der Waals surface area contributed by atoms with Crippen LogP contribution in [0, 0.1) is 6.92 Å². The minimum atomic E-state index is -2.87. The first-order chi connectivity index (χ1) is 6.05. The van der Waals surface area contributed by atoms with Crippen LogP contribution >= 0.6 is 11.8 Å². The molecule has 0 aliphatic carbocycles. The molecule has 1 nitrogen and oxygen atoms in total. The van der Waals surface area contributed by atoms with Gasteiger partial charge in [0.15, 0.2) is 0 Å². The average molecular weight is 203 g/mol. The topological polar surface area (TPSA) is 26.0 Å². The molecule has 0 aliphatic rings. The SMILES string of the molecule is Cc1ccccc1SC(F)(F)CN. The molecular formula is C9H11F2NS. The van der Waals surface area contributed by atoms with Gasteiger partial charge in [-0.2, -0.15) is 8.78 Å². The van der Waals surface area contributed by atoms with Gasteiger partial charge in [0.2, 0.25) is 0 Å². The molecule has 0 aromatic heterocycles. The van der Waals surface area contributed by atoms with E-state index in [1.54, 1.807) is 25.1 Å². The Kier molecular flexibility index (Phi) is 3.27. The van der Waals surface area contributed by atoms with Gasteiger partial charge in [-0.25, -0.2) is 0 Å². The number of hydrogen-bond donors (Lipinski definition) is 1. The molecule has 0 unspecified atom stereocenters. The lowest BCUT2D eigenvalue weighted by molar-refractivity contribution is 0.116. The van der Waals surface area contributed by atoms with Crippen LogP contribution in [0.25, 0.3) is 0 Å². The maximum atomic E-state index is 12.9. The average Bonchev–Trinajstić information content (AvgIpc) is 2.09. The number of thioether (sulfide) groups is 1. The first-order valence-corrected chi connectivity index (χ1v) is 4.69. The summed E-state index contributed by atoms with van der Waals surface area (Å²) in [5.41, 5.74) is 5.78. The molecular weight excluding hydrogens is 192 g/mol. The fourth-order valence-electron chi connectivity index (χ4n) is 0.873. The predicted molar refractivity (Wildman–Crippen MR) is 51.0 cm³/mol. The minimum Gasteiger partial charge on any atom is -0.324 e. The van der Waals surface area contributed by atoms with Gasteiger partial charge in [-0.05, 0) is 18.6 Å². The van der Waals surface area contributed by atoms with Crippen LogP contribution in [0.2, 0.25) is 0 Å². The Morgan fingerprint density at radius 1 is 1.38 bits per heavy atom. The number of hydrogen-bond acceptors (Lipinski definition) is 2. The van der Waals surface area contributed by atoms with Crippen molar-refractivity contribution < 1.29 is 8.78 Å². The molecule has 0 radical (unpaired) electrons. The summed E-state index contributed by atoms with van der Waals surface area (Å²) in [5.74, 6) is 0. The van der Waals surface area contributed by atoms with E-state index in [-0.39, 0.29) is 0 Å². The van der Waals surface area contributed by atoms with Gasteiger partial charge in [-0.3, -0.25) is 0 Å². The molecule has 1 aromatic carbocycles. The van der Waals surface area contributed by atoms with Crippen LogP contribution in [0.5, 0.6) is 0 Å². The maximum Gasteiger partial charge on any atom is 0.310 e. The second-order valence-corrected chi connectivity index (χ2v) is 3.95. The van der Waals surface area contributed by atoms with Crippen molar-refractivity contribution in [3.63, 3.8) is 0 Å². The summed E-state index contributed by atoms with van der Waals surface area (Å²) in [6, 6.07) is 7.03. The monoisotopic (exact) mass is 203 g/mol. The number of halogens is 2. The van der Waals surface area contributed by atoms with Gasteiger partial charge in [0.1, 0.15) is 0 Å². The second kappa shape index (κ2) is 4.07. The lowest BCUT2D eigenvalue weighted by Crippen LogP contribution is -2.23. The van der Waals surface area contributed by atoms with E-state index < -0.39 is 11.8 Å². The molecule has 72 valence electrons. The van der Waals surface area contributed by atoms with Crippen molar-refractivity contribution in [1.29, 1.82) is 0 Å². The highest BCUT2D eigenvalue weighted by molar-refractivity contribution is 8.00. The zero-order valence-electron chi connectivity index (χ0n) is 7.26. The van der Waals surface area contributed by atoms with Crippen molar-refractivity contribution in [2.45, 2.75) is 17.1 Å². The Bertz CT molecular complexity index is 289. The molecule has 1 aromatic rings. The van der Waals surface area contributed by atoms with E-state index in [4.69, 9.17) is 5.73 Å². The summed E-state index contributed by atoms with van der Waals surface area (Å²) in [4.78, 5) is 0.581. The number of benzene rings is 1. The highest BCUT2D eigenvalue weighted by Gasteiger charge is 2.28. The molecule has 1 rings (SSSR count). The van der Waals surface area contributed by atoms with Crippen LogP contribution < -0.4 is 5.73 Å². The molecule has 0 saturated carbocycles. The molecule has 4 heteroatoms. The van der Waals surface area contributed by atoms with Gasteiger partial charge in [0, 0.05) is 4.90 Å². The van der Waals surface area contributed by atoms with E-state index in [0.29, 0.717) is 16.7 Å². The molecule has 2 N–H and O–H groups in total. The van der Waals surface area contributed by atoms with E-state index in [0.717, 1.165) is 5.56 Å². The molecule has 13 heavy (non-hydrogen) atoms. The molecule has 0 saturated heterocycles. The Labute approximate surface area is 80.3 Å². The van der Waals surface area contributed by atoms with Crippen LogP contribution in [0.4, 0.5) is 8.78 Å². The highest BCUT2D eigenvalue weighted by atomic mass is 32.2. The fraction of sp³-hybridized carbons (Fsp3) is 0.333. The predicted octanol–water partition coefficient (Wildman–Crippen LogP) is 2.64. The summed E-state index contributed by atoms with van der Waals surface area (Å²) < 4.78 is 25.7. The number of nitrogens with two attached hydrogens (primary N) is 1. The molecule has 0 heterocycles. The van der Waals surface area contributed by atoms with Crippen LogP contribution in [0.15, 0.2) is 29.2 Å². The fourth-order valence-corrected chi connectivity index (χ4v) is 1.65. The van der Waals surface area contributed by atoms with Crippen LogP contribution in [-0.4, -0.2) is 11.8 Å². The number of alkyl halides is 2. The highest BCUT2D eigenvalue weighted by Crippen LogP contribution is 2.36. The third-order valence-corrected chi connectivity index (χ3v) is 2.73. The normalized spacial score (nSPS) is 11.7. The van der Waals surface area contributed by atoms with Crippen LogP contribution in [-0.2, 0) is 0 Å². The van der Waals surface area contributed by atoms with Crippen LogP contribution in [0.3, 0.4) is 0 Å². The van der Waals surface area contributed by atoms with Crippen molar-refractivity contribution in [1.82, 2.24) is 0 Å². The van der Waals surface area contributed by atoms with E-state index >= 15 is 0 Å². The van der Waals surface area contributed by atoms with Gasteiger partial charge in [-0.15, -0.1) is 0 Å². The smallest absolute Gasteiger partial charge is 0.310 e. The number of aryl methyl sites for hydroxylation is 1. The Balaban J connectivity index is 2.80. The zero-order chi connectivity index (χ0) is 9.90. The quantitative estimate of drug-likeness (QED) is 0.764. The third-order valence-electron chi connectivity index (χ3n) is 1.59. The first kappa shape index (κ1) is 10.5. The maximum absolute atomic E-state index is 12.9. The lowest BCUT2D eigenvalue weighted by Gasteiger charge is -2.14. The van der Waals surface area contributed by atoms with Crippen molar-refractivity contribution in [2.75, 3.05) is 6.54 Å². The molecule has 0 bridgehead atoms. The summed E-state index contributed by atoms with van der Waals surface area (Å²) in [6.07, 6.45) is 0. The molecule has 0 atom stereocenters. The summed E-state index contributed by atoms with van der Waals surface area (Å²) >= 11 is 0.514. The first-order valence-electron chi connectivity index (χ1n) is 3.88. The Hall–Kier alpha value is -0.610. The number of rotatable bonds is 3. The Morgan fingerprint density at radius 2 is 2.00 bits per heavy atom. The summed E-state index contributed by atoms with van der Waals surface area (Å²) in [6.45, 7) is 1.17. The molecule has 0 spiro atoms. The van der Waals surface area contributed by atoms with E-state index in [1.807, 2.05) is 6.07 Å². The zero-order valence-corrected chi connectivity index (χ0v) is 8.07. The van der Waals surface area contributed by atoms with Gasteiger partial charge >= 0.3 is 5.25 Å². The minimum absolute atomic E-state index is 0.514. The molecule has 0 fully saturated rings. The standard InChI is InChI=1S/C9H11F2NS/c1-7-4-2-3-5-8(7)13-9(10,11)6-12/h2-5H,6,12H2,1H3. The van der Waals surface area contributed by atoms with E-state index in [9.17, 15) is 8.78 Å². The van der Waals surface area contributed by atoms with Crippen LogP contribution in [0.1, 0.15) is 5.56 Å². The van der Waals surface area contributed by atoms with E-state index in [2.05, 4.69) is 0 Å². The Morgan fingerprint density at radius 3 is 2.54 bits per heavy atom. The lowest BCUT2D eigenvalue weighted by atomic mass is 10.2. The summed E-state index contributed by atoms with van der Waals surface area (Å²) in [5, 5.41) is -2.87. The van der Waals surface area contributed by atoms with Gasteiger partial charge in [-0.1, -0.05) is 30.0 Å². The summed E-state index contributed by atoms with van der Waals surface area (Å²) in [7, 11) is 0. The largest absolute Gasteiger partial charge is 0.324 e. The van der Waals surface area contributed by atoms with Gasteiger partial charge in [0.25, 0.3) is 0 Å². The second-order valence-electron chi connectivity index (χ2n) is 2.71.